The molecular weight excluding hydrogens is 220 g/mol. The van der Waals surface area contributed by atoms with Gasteiger partial charge in [0.2, 0.25) is 0 Å². The van der Waals surface area contributed by atoms with Gasteiger partial charge in [-0.2, -0.15) is 0 Å². The molecule has 0 aliphatic heterocycles. The van der Waals surface area contributed by atoms with Crippen LogP contribution in [0.25, 0.3) is 0 Å². The number of alkyl halides is 1. The van der Waals surface area contributed by atoms with Crippen LogP contribution in [0.3, 0.4) is 0 Å². The van der Waals surface area contributed by atoms with E-state index >= 15 is 0 Å². The summed E-state index contributed by atoms with van der Waals surface area (Å²) >= 11 is 6.64. The van der Waals surface area contributed by atoms with E-state index in [0.717, 1.165) is 4.83 Å². The zero-order valence-corrected chi connectivity index (χ0v) is 7.29. The molecule has 0 saturated heterocycles. The largest absolute Gasteiger partial charge is 0.102 e. The van der Waals surface area contributed by atoms with Crippen LogP contribution in [0.2, 0.25) is 0 Å². The van der Waals surface area contributed by atoms with Crippen molar-refractivity contribution < 1.29 is 0 Å². The molecule has 0 nitrogen and oxygen atoms in total. The number of hydrogen-bond donors (Lipinski definition) is 0. The lowest BCUT2D eigenvalue weighted by Gasteiger charge is -2.01. The highest BCUT2D eigenvalue weighted by Crippen LogP contribution is 2.21. The van der Waals surface area contributed by atoms with E-state index in [2.05, 4.69) is 38.4 Å². The van der Waals surface area contributed by atoms with E-state index in [1.54, 1.807) is 6.08 Å². The summed E-state index contributed by atoms with van der Waals surface area (Å²) in [5.74, 6) is 0. The summed E-state index contributed by atoms with van der Waals surface area (Å²) in [4.78, 5) is 1.48. The third-order valence-electron chi connectivity index (χ3n) is 0.575. The summed E-state index contributed by atoms with van der Waals surface area (Å²) in [7, 11) is 0. The molecule has 0 aromatic heterocycles. The lowest BCUT2D eigenvalue weighted by atomic mass is 10.3. The highest BCUT2D eigenvalue weighted by Gasteiger charge is 2.04. The molecule has 0 spiro atoms. The van der Waals surface area contributed by atoms with Crippen LogP contribution in [0.1, 0.15) is 6.92 Å². The highest BCUT2D eigenvalue weighted by atomic mass is 79.9. The molecule has 1 radical (unpaired) electrons. The molecule has 0 rings (SSSR count). The Kier molecular flexibility index (Phi) is 4.04. The minimum atomic E-state index is 0.394. The summed E-state index contributed by atoms with van der Waals surface area (Å²) in [6.07, 6.45) is 1.78. The van der Waals surface area contributed by atoms with Gasteiger partial charge in [0.15, 0.2) is 0 Å². The van der Waals surface area contributed by atoms with E-state index in [4.69, 9.17) is 0 Å². The maximum Gasteiger partial charge on any atom is 0.0754 e. The number of halogens is 2. The first kappa shape index (κ1) is 7.70. The Hall–Kier alpha value is 0.700. The molecule has 0 heterocycles. The van der Waals surface area contributed by atoms with Crippen molar-refractivity contribution in [3.8, 4) is 0 Å². The second-order valence-electron chi connectivity index (χ2n) is 1.21. The van der Waals surface area contributed by atoms with Gasteiger partial charge in [-0.05, 0) is 0 Å². The van der Waals surface area contributed by atoms with Crippen LogP contribution in [0, 0.1) is 4.83 Å². The molecule has 1 unspecified atom stereocenters. The maximum absolute atomic E-state index is 3.57. The average molecular weight is 227 g/mol. The second kappa shape index (κ2) is 3.67. The predicted molar refractivity (Wildman–Crippen MR) is 40.8 cm³/mol. The summed E-state index contributed by atoms with van der Waals surface area (Å²) in [5, 5.41) is 0. The van der Waals surface area contributed by atoms with Gasteiger partial charge in [-0.3, -0.25) is 0 Å². The normalized spacial score (nSPS) is 14.3. The zero-order valence-electron chi connectivity index (χ0n) is 4.12. The molecule has 0 saturated carbocycles. The molecule has 0 aliphatic rings. The minimum Gasteiger partial charge on any atom is -0.102 e. The van der Waals surface area contributed by atoms with Crippen LogP contribution in [0.15, 0.2) is 12.7 Å². The monoisotopic (exact) mass is 225 g/mol. The Labute approximate surface area is 61.2 Å². The van der Waals surface area contributed by atoms with Crippen LogP contribution in [-0.4, -0.2) is 4.83 Å². The fraction of sp³-hybridized carbons (Fsp3) is 0.400. The van der Waals surface area contributed by atoms with Gasteiger partial charge >= 0.3 is 0 Å². The zero-order chi connectivity index (χ0) is 5.86. The molecule has 1 atom stereocenters. The van der Waals surface area contributed by atoms with E-state index in [-0.39, 0.29) is 0 Å². The Bertz CT molecular complexity index is 59.1. The molecule has 0 amide bonds. The molecule has 0 fully saturated rings. The van der Waals surface area contributed by atoms with Crippen LogP contribution in [0.5, 0.6) is 0 Å². The van der Waals surface area contributed by atoms with Gasteiger partial charge in [-0.1, -0.05) is 44.9 Å². The van der Waals surface area contributed by atoms with Gasteiger partial charge in [0.05, 0.1) is 4.83 Å². The van der Waals surface area contributed by atoms with Crippen LogP contribution < -0.4 is 0 Å². The van der Waals surface area contributed by atoms with Gasteiger partial charge in [0.25, 0.3) is 0 Å². The van der Waals surface area contributed by atoms with Crippen molar-refractivity contribution in [2.24, 2.45) is 0 Å². The van der Waals surface area contributed by atoms with Crippen molar-refractivity contribution in [1.29, 1.82) is 0 Å². The summed E-state index contributed by atoms with van der Waals surface area (Å²) in [6.45, 7) is 5.60. The standard InChI is InChI=1S/C5H7Br2/c1-3-5(7)4(2)6/h3-4H,1H2,2H3. The third-order valence-corrected chi connectivity index (χ3v) is 2.69. The Morgan fingerprint density at radius 3 is 2.29 bits per heavy atom. The smallest absolute Gasteiger partial charge is 0.0754 e. The lowest BCUT2D eigenvalue weighted by Crippen LogP contribution is -1.94. The maximum atomic E-state index is 3.57. The van der Waals surface area contributed by atoms with Gasteiger partial charge in [-0.15, -0.1) is 6.58 Å². The van der Waals surface area contributed by atoms with E-state index < -0.39 is 0 Å². The van der Waals surface area contributed by atoms with Gasteiger partial charge in [0.1, 0.15) is 0 Å². The van der Waals surface area contributed by atoms with Crippen molar-refractivity contribution in [2.75, 3.05) is 0 Å². The summed E-state index contributed by atoms with van der Waals surface area (Å²) in [6, 6.07) is 0. The average Bonchev–Trinajstić information content (AvgIpc) is 1.65. The van der Waals surface area contributed by atoms with E-state index in [9.17, 15) is 0 Å². The van der Waals surface area contributed by atoms with Crippen molar-refractivity contribution in [2.45, 2.75) is 11.8 Å². The SMILES string of the molecule is C=C[C](Br)C(C)Br. The first-order valence-electron chi connectivity index (χ1n) is 1.97. The van der Waals surface area contributed by atoms with Crippen molar-refractivity contribution in [3.05, 3.63) is 17.5 Å². The van der Waals surface area contributed by atoms with E-state index in [1.165, 1.54) is 0 Å². The number of hydrogen-bond acceptors (Lipinski definition) is 0. The Morgan fingerprint density at radius 2 is 2.29 bits per heavy atom. The molecule has 0 aromatic carbocycles. The molecule has 0 aromatic rings. The Balaban J connectivity index is 3.33. The molecule has 7 heavy (non-hydrogen) atoms. The third kappa shape index (κ3) is 3.30. The fourth-order valence-electron chi connectivity index (χ4n) is 0.162. The summed E-state index contributed by atoms with van der Waals surface area (Å²) in [5.41, 5.74) is 0. The fourth-order valence-corrected chi connectivity index (χ4v) is 0.349. The van der Waals surface area contributed by atoms with Gasteiger partial charge in [0, 0.05) is 4.83 Å². The first-order valence-corrected chi connectivity index (χ1v) is 3.68. The number of allylic oxidation sites excluding steroid dienone is 1. The minimum absolute atomic E-state index is 0.394. The molecule has 2 heteroatoms. The molecule has 0 N–H and O–H groups in total. The first-order chi connectivity index (χ1) is 3.18. The van der Waals surface area contributed by atoms with Crippen LogP contribution >= 0.6 is 31.9 Å². The van der Waals surface area contributed by atoms with Crippen molar-refractivity contribution >= 4 is 31.9 Å². The highest BCUT2D eigenvalue weighted by molar-refractivity contribution is 9.13. The predicted octanol–water partition coefficient (Wildman–Crippen LogP) is 2.88. The van der Waals surface area contributed by atoms with Crippen LogP contribution in [0.4, 0.5) is 0 Å². The van der Waals surface area contributed by atoms with E-state index in [1.807, 2.05) is 6.92 Å². The van der Waals surface area contributed by atoms with E-state index in [0.29, 0.717) is 4.83 Å². The molecule has 0 aliphatic carbocycles. The topological polar surface area (TPSA) is 0 Å². The molecule has 41 valence electrons. The lowest BCUT2D eigenvalue weighted by molar-refractivity contribution is 1.17. The molecular formula is C5H7Br2. The van der Waals surface area contributed by atoms with Gasteiger partial charge < -0.3 is 0 Å². The number of rotatable bonds is 2. The summed E-state index contributed by atoms with van der Waals surface area (Å²) < 4.78 is 0. The van der Waals surface area contributed by atoms with Gasteiger partial charge in [-0.25, -0.2) is 0 Å². The molecule has 0 bridgehead atoms. The van der Waals surface area contributed by atoms with Crippen molar-refractivity contribution in [1.82, 2.24) is 0 Å². The second-order valence-corrected chi connectivity index (χ2v) is 3.49. The Morgan fingerprint density at radius 1 is 1.86 bits per heavy atom. The quantitative estimate of drug-likeness (QED) is 0.636. The van der Waals surface area contributed by atoms with Crippen LogP contribution in [-0.2, 0) is 0 Å². The van der Waals surface area contributed by atoms with Crippen molar-refractivity contribution in [3.63, 3.8) is 0 Å².